The molecule has 33 heavy (non-hydrogen) atoms. The monoisotopic (exact) mass is 464 g/mol. The van der Waals surface area contributed by atoms with E-state index in [1.807, 2.05) is 41.0 Å². The van der Waals surface area contributed by atoms with Gasteiger partial charge in [0, 0.05) is 31.0 Å². The number of carbonyl (C=O) groups is 1. The number of sulfonamides is 1. The van der Waals surface area contributed by atoms with Crippen molar-refractivity contribution in [1.82, 2.24) is 13.9 Å². The zero-order chi connectivity index (χ0) is 23.6. The zero-order valence-corrected chi connectivity index (χ0v) is 19.3. The lowest BCUT2D eigenvalue weighted by molar-refractivity contribution is 0.102. The number of rotatable bonds is 7. The topological polar surface area (TPSA) is 93.5 Å². The van der Waals surface area contributed by atoms with Gasteiger partial charge in [-0.05, 0) is 61.5 Å². The maximum atomic E-state index is 12.8. The fourth-order valence-electron chi connectivity index (χ4n) is 3.40. The van der Waals surface area contributed by atoms with E-state index < -0.39 is 10.0 Å². The molecule has 170 valence electrons. The lowest BCUT2D eigenvalue weighted by Crippen LogP contribution is -2.23. The van der Waals surface area contributed by atoms with Crippen molar-refractivity contribution in [3.05, 3.63) is 78.6 Å². The largest absolute Gasteiger partial charge is 0.492 e. The Hall–Kier alpha value is -3.69. The lowest BCUT2D eigenvalue weighted by Gasteiger charge is -2.16. The van der Waals surface area contributed by atoms with E-state index in [1.54, 1.807) is 37.5 Å². The Balaban J connectivity index is 1.58. The van der Waals surface area contributed by atoms with E-state index in [0.717, 1.165) is 21.0 Å². The lowest BCUT2D eigenvalue weighted by atomic mass is 10.2. The number of imidazole rings is 1. The second kappa shape index (κ2) is 9.05. The highest BCUT2D eigenvalue weighted by Crippen LogP contribution is 2.29. The summed E-state index contributed by atoms with van der Waals surface area (Å²) in [6, 6.07) is 19.5. The maximum Gasteiger partial charge on any atom is 0.255 e. The summed E-state index contributed by atoms with van der Waals surface area (Å²) < 4.78 is 33.9. The van der Waals surface area contributed by atoms with Crippen LogP contribution in [0.2, 0.25) is 0 Å². The highest BCUT2D eigenvalue weighted by molar-refractivity contribution is 7.89. The Morgan fingerprint density at radius 3 is 2.48 bits per heavy atom. The number of para-hydroxylation sites is 2. The number of nitrogens with zero attached hydrogens (tertiary/aromatic N) is 3. The van der Waals surface area contributed by atoms with Crippen molar-refractivity contribution in [2.24, 2.45) is 0 Å². The zero-order valence-electron chi connectivity index (χ0n) is 18.5. The fourth-order valence-corrected chi connectivity index (χ4v) is 4.45. The van der Waals surface area contributed by atoms with Crippen LogP contribution in [0.25, 0.3) is 16.7 Å². The van der Waals surface area contributed by atoms with Gasteiger partial charge in [-0.1, -0.05) is 12.1 Å². The van der Waals surface area contributed by atoms with Gasteiger partial charge in [-0.25, -0.2) is 17.7 Å². The third-order valence-corrected chi connectivity index (χ3v) is 6.96. The number of amides is 1. The predicted octanol–water partition coefficient (Wildman–Crippen LogP) is 3.93. The molecule has 0 atom stereocenters. The summed E-state index contributed by atoms with van der Waals surface area (Å²) in [7, 11) is -0.861. The Morgan fingerprint density at radius 1 is 1.06 bits per heavy atom. The number of benzene rings is 3. The van der Waals surface area contributed by atoms with Crippen molar-refractivity contribution in [3.8, 4) is 11.4 Å². The van der Waals surface area contributed by atoms with Crippen LogP contribution in [0.5, 0.6) is 5.75 Å². The number of hydrogen-bond donors (Lipinski definition) is 1. The molecule has 0 spiro atoms. The molecule has 1 heterocycles. The first-order valence-electron chi connectivity index (χ1n) is 10.3. The first-order chi connectivity index (χ1) is 15.8. The van der Waals surface area contributed by atoms with Crippen molar-refractivity contribution in [3.63, 3.8) is 0 Å². The van der Waals surface area contributed by atoms with Crippen LogP contribution in [-0.2, 0) is 10.0 Å². The minimum absolute atomic E-state index is 0.00511. The van der Waals surface area contributed by atoms with Gasteiger partial charge in [0.15, 0.2) is 0 Å². The van der Waals surface area contributed by atoms with E-state index in [1.165, 1.54) is 20.2 Å². The molecule has 0 fully saturated rings. The molecule has 0 saturated heterocycles. The molecule has 0 radical (unpaired) electrons. The van der Waals surface area contributed by atoms with Gasteiger partial charge < -0.3 is 10.1 Å². The average molecular weight is 465 g/mol. The molecule has 1 N–H and O–H groups in total. The summed E-state index contributed by atoms with van der Waals surface area (Å²) in [6.07, 6.45) is 1.74. The molecule has 0 aliphatic rings. The summed E-state index contributed by atoms with van der Waals surface area (Å²) in [6.45, 7) is 2.10. The maximum absolute atomic E-state index is 12.8. The van der Waals surface area contributed by atoms with E-state index in [2.05, 4.69) is 10.3 Å². The third-order valence-electron chi connectivity index (χ3n) is 5.12. The summed E-state index contributed by atoms with van der Waals surface area (Å²) in [4.78, 5) is 17.2. The molecule has 9 heteroatoms. The molecule has 4 rings (SSSR count). The van der Waals surface area contributed by atoms with Crippen molar-refractivity contribution in [2.75, 3.05) is 26.0 Å². The van der Waals surface area contributed by atoms with Crippen molar-refractivity contribution >= 4 is 32.7 Å². The molecule has 0 aliphatic carbocycles. The predicted molar refractivity (Wildman–Crippen MR) is 128 cm³/mol. The molecule has 0 bridgehead atoms. The molecule has 4 aromatic rings. The molecular weight excluding hydrogens is 440 g/mol. The smallest absolute Gasteiger partial charge is 0.255 e. The summed E-state index contributed by atoms with van der Waals surface area (Å²) in [5.74, 6) is -0.115. The molecule has 0 saturated carbocycles. The molecule has 3 aromatic carbocycles. The minimum atomic E-state index is -3.75. The quantitative estimate of drug-likeness (QED) is 0.447. The summed E-state index contributed by atoms with van der Waals surface area (Å²) >= 11 is 0. The number of carbonyl (C=O) groups excluding carboxylic acids is 1. The van der Waals surface area contributed by atoms with Crippen LogP contribution in [0.4, 0.5) is 5.69 Å². The van der Waals surface area contributed by atoms with Gasteiger partial charge in [0.25, 0.3) is 5.91 Å². The molecule has 0 aliphatic heterocycles. The number of ether oxygens (including phenoxy) is 1. The normalized spacial score (nSPS) is 11.6. The van der Waals surface area contributed by atoms with Crippen LogP contribution in [0, 0.1) is 0 Å². The Morgan fingerprint density at radius 2 is 1.79 bits per heavy atom. The van der Waals surface area contributed by atoms with Crippen LogP contribution < -0.4 is 10.1 Å². The van der Waals surface area contributed by atoms with Crippen molar-refractivity contribution in [1.29, 1.82) is 0 Å². The standard InChI is InChI=1S/C24H24N4O4S/c1-4-32-22-14-11-18(15-23(22)33(30,31)27(2)3)26-24(29)17-9-12-19(13-10-17)28-16-25-20-7-5-6-8-21(20)28/h5-16H,4H2,1-3H3,(H,26,29). The van der Waals surface area contributed by atoms with Gasteiger partial charge in [-0.3, -0.25) is 9.36 Å². The van der Waals surface area contributed by atoms with Crippen molar-refractivity contribution in [2.45, 2.75) is 11.8 Å². The molecule has 8 nitrogen and oxygen atoms in total. The van der Waals surface area contributed by atoms with Crippen LogP contribution in [0.3, 0.4) is 0 Å². The summed E-state index contributed by atoms with van der Waals surface area (Å²) in [5, 5.41) is 2.77. The molecular formula is C24H24N4O4S. The Kier molecular flexibility index (Phi) is 6.17. The average Bonchev–Trinajstić information content (AvgIpc) is 3.24. The van der Waals surface area contributed by atoms with Gasteiger partial charge in [-0.2, -0.15) is 0 Å². The van der Waals surface area contributed by atoms with Gasteiger partial charge in [0.2, 0.25) is 10.0 Å². The van der Waals surface area contributed by atoms with Crippen molar-refractivity contribution < 1.29 is 17.9 Å². The van der Waals surface area contributed by atoms with Gasteiger partial charge in [0.05, 0.1) is 17.6 Å². The van der Waals surface area contributed by atoms with Crippen LogP contribution in [-0.4, -0.2) is 48.9 Å². The second-order valence-corrected chi connectivity index (χ2v) is 9.61. The van der Waals surface area contributed by atoms with E-state index >= 15 is 0 Å². The SMILES string of the molecule is CCOc1ccc(NC(=O)c2ccc(-n3cnc4ccccc43)cc2)cc1S(=O)(=O)N(C)C. The van der Waals surface area contributed by atoms with Gasteiger partial charge in [-0.15, -0.1) is 0 Å². The summed E-state index contributed by atoms with van der Waals surface area (Å²) in [5.41, 5.74) is 3.53. The van der Waals surface area contributed by atoms with Gasteiger partial charge in [0.1, 0.15) is 17.0 Å². The Labute approximate surface area is 192 Å². The van der Waals surface area contributed by atoms with Gasteiger partial charge >= 0.3 is 0 Å². The van der Waals surface area contributed by atoms with E-state index in [9.17, 15) is 13.2 Å². The number of nitrogens with one attached hydrogen (secondary N) is 1. The molecule has 0 unspecified atom stereocenters. The van der Waals surface area contributed by atoms with E-state index in [4.69, 9.17) is 4.74 Å². The van der Waals surface area contributed by atoms with E-state index in [-0.39, 0.29) is 16.6 Å². The number of aromatic nitrogens is 2. The third kappa shape index (κ3) is 4.46. The number of hydrogen-bond acceptors (Lipinski definition) is 5. The number of anilines is 1. The minimum Gasteiger partial charge on any atom is -0.492 e. The van der Waals surface area contributed by atoms with Crippen LogP contribution in [0.15, 0.2) is 78.0 Å². The van der Waals surface area contributed by atoms with Crippen LogP contribution in [0.1, 0.15) is 17.3 Å². The second-order valence-electron chi connectivity index (χ2n) is 7.49. The Bertz CT molecular complexity index is 1410. The first kappa shape index (κ1) is 22.5. The first-order valence-corrected chi connectivity index (χ1v) is 11.8. The highest BCUT2D eigenvalue weighted by atomic mass is 32.2. The number of fused-ring (bicyclic) bond motifs is 1. The fraction of sp³-hybridized carbons (Fsp3) is 0.167. The molecule has 1 amide bonds. The highest BCUT2D eigenvalue weighted by Gasteiger charge is 2.23. The molecule has 1 aromatic heterocycles. The van der Waals surface area contributed by atoms with E-state index in [0.29, 0.717) is 17.9 Å². The van der Waals surface area contributed by atoms with Crippen LogP contribution >= 0.6 is 0 Å².